The summed E-state index contributed by atoms with van der Waals surface area (Å²) in [4.78, 5) is 13.8. The van der Waals surface area contributed by atoms with Crippen molar-refractivity contribution >= 4 is 15.7 Å². The van der Waals surface area contributed by atoms with E-state index >= 15 is 0 Å². The van der Waals surface area contributed by atoms with Crippen LogP contribution >= 0.6 is 0 Å². The third-order valence-corrected chi connectivity index (χ3v) is 6.02. The lowest BCUT2D eigenvalue weighted by Gasteiger charge is -2.26. The van der Waals surface area contributed by atoms with Crippen LogP contribution in [0.5, 0.6) is 0 Å². The first-order chi connectivity index (χ1) is 9.36. The number of hydrogen-bond acceptors (Lipinski definition) is 5. The van der Waals surface area contributed by atoms with Crippen LogP contribution in [0.1, 0.15) is 32.1 Å². The predicted molar refractivity (Wildman–Crippen MR) is 74.6 cm³/mol. The van der Waals surface area contributed by atoms with Gasteiger partial charge in [0.1, 0.15) is 5.54 Å². The van der Waals surface area contributed by atoms with Crippen LogP contribution in [0.25, 0.3) is 0 Å². The molecule has 1 heterocycles. The molecule has 1 aliphatic heterocycles. The van der Waals surface area contributed by atoms with Gasteiger partial charge in [0.15, 0.2) is 9.84 Å². The van der Waals surface area contributed by atoms with Crippen LogP contribution in [0.3, 0.4) is 0 Å². The molecule has 1 atom stereocenters. The van der Waals surface area contributed by atoms with Gasteiger partial charge in [0, 0.05) is 6.04 Å². The lowest BCUT2D eigenvalue weighted by Crippen LogP contribution is -2.50. The number of amides is 1. The van der Waals surface area contributed by atoms with Crippen LogP contribution in [0, 0.1) is 11.3 Å². The average Bonchev–Trinajstić information content (AvgIpc) is 2.96. The normalized spacial score (nSPS) is 27.4. The van der Waals surface area contributed by atoms with Gasteiger partial charge in [-0.15, -0.1) is 0 Å². The minimum absolute atomic E-state index is 0.0904. The molecule has 1 saturated carbocycles. The number of nitrogens with zero attached hydrogens (tertiary/aromatic N) is 2. The van der Waals surface area contributed by atoms with Gasteiger partial charge in [0.25, 0.3) is 0 Å². The summed E-state index contributed by atoms with van der Waals surface area (Å²) in [6, 6.07) is 2.13. The Balaban J connectivity index is 1.87. The zero-order chi connectivity index (χ0) is 14.8. The van der Waals surface area contributed by atoms with Gasteiger partial charge < -0.3 is 5.32 Å². The molecule has 0 aromatic heterocycles. The van der Waals surface area contributed by atoms with Crippen molar-refractivity contribution in [2.24, 2.45) is 0 Å². The highest BCUT2D eigenvalue weighted by molar-refractivity contribution is 7.91. The van der Waals surface area contributed by atoms with Crippen molar-refractivity contribution in [3.8, 4) is 6.07 Å². The Morgan fingerprint density at radius 2 is 2.10 bits per heavy atom. The summed E-state index contributed by atoms with van der Waals surface area (Å²) in [6.45, 7) is 0.142. The van der Waals surface area contributed by atoms with E-state index in [2.05, 4.69) is 11.4 Å². The van der Waals surface area contributed by atoms with E-state index in [0.29, 0.717) is 19.3 Å². The molecular weight excluding hydrogens is 278 g/mol. The Morgan fingerprint density at radius 3 is 2.60 bits per heavy atom. The molecule has 0 radical (unpaired) electrons. The van der Waals surface area contributed by atoms with Crippen LogP contribution in [0.15, 0.2) is 0 Å². The van der Waals surface area contributed by atoms with Crippen LogP contribution in [0.2, 0.25) is 0 Å². The van der Waals surface area contributed by atoms with Crippen LogP contribution in [0.4, 0.5) is 0 Å². The SMILES string of the molecule is CN(CC(=O)NC1(C#N)CCCC1)C1CCS(=O)(=O)C1. The Morgan fingerprint density at radius 1 is 1.45 bits per heavy atom. The van der Waals surface area contributed by atoms with Crippen molar-refractivity contribution < 1.29 is 13.2 Å². The number of hydrogen-bond donors (Lipinski definition) is 1. The topological polar surface area (TPSA) is 90.3 Å². The van der Waals surface area contributed by atoms with Crippen LogP contribution in [-0.4, -0.2) is 55.9 Å². The number of nitrogens with one attached hydrogen (secondary N) is 1. The van der Waals surface area contributed by atoms with Gasteiger partial charge in [-0.3, -0.25) is 9.69 Å². The molecule has 20 heavy (non-hydrogen) atoms. The van der Waals surface area contributed by atoms with E-state index < -0.39 is 15.4 Å². The van der Waals surface area contributed by atoms with Gasteiger partial charge >= 0.3 is 0 Å². The summed E-state index contributed by atoms with van der Waals surface area (Å²) in [6.07, 6.45) is 3.91. The second kappa shape index (κ2) is 5.70. The zero-order valence-corrected chi connectivity index (χ0v) is 12.6. The fourth-order valence-electron chi connectivity index (χ4n) is 3.03. The monoisotopic (exact) mass is 299 g/mol. The fourth-order valence-corrected chi connectivity index (χ4v) is 4.83. The van der Waals surface area contributed by atoms with Gasteiger partial charge in [-0.05, 0) is 39.2 Å². The molecule has 112 valence electrons. The first-order valence-electron chi connectivity index (χ1n) is 6.99. The van der Waals surface area contributed by atoms with Gasteiger partial charge in [-0.25, -0.2) is 8.42 Å². The molecule has 2 fully saturated rings. The predicted octanol–water partition coefficient (Wildman–Crippen LogP) is 0.0579. The Bertz CT molecular complexity index is 517. The molecule has 0 aromatic carbocycles. The van der Waals surface area contributed by atoms with Crippen molar-refractivity contribution in [2.75, 3.05) is 25.1 Å². The highest BCUT2D eigenvalue weighted by atomic mass is 32.2. The lowest BCUT2D eigenvalue weighted by atomic mass is 10.00. The maximum Gasteiger partial charge on any atom is 0.235 e. The Labute approximate surface area is 120 Å². The third-order valence-electron chi connectivity index (χ3n) is 4.27. The first-order valence-corrected chi connectivity index (χ1v) is 8.81. The summed E-state index contributed by atoms with van der Waals surface area (Å²) in [7, 11) is -1.18. The van der Waals surface area contributed by atoms with E-state index in [4.69, 9.17) is 0 Å². The smallest absolute Gasteiger partial charge is 0.235 e. The van der Waals surface area contributed by atoms with E-state index in [1.807, 2.05) is 0 Å². The van der Waals surface area contributed by atoms with Crippen molar-refractivity contribution in [2.45, 2.75) is 43.7 Å². The first kappa shape index (κ1) is 15.3. The molecule has 1 unspecified atom stereocenters. The minimum Gasteiger partial charge on any atom is -0.337 e. The highest BCUT2D eigenvalue weighted by Gasteiger charge is 2.36. The summed E-state index contributed by atoms with van der Waals surface area (Å²) in [5.74, 6) is 0.131. The van der Waals surface area contributed by atoms with E-state index in [0.717, 1.165) is 12.8 Å². The van der Waals surface area contributed by atoms with E-state index in [1.54, 1.807) is 11.9 Å². The number of carbonyl (C=O) groups is 1. The zero-order valence-electron chi connectivity index (χ0n) is 11.8. The van der Waals surface area contributed by atoms with Gasteiger partial charge in [0.05, 0.1) is 24.1 Å². The number of sulfone groups is 1. The average molecular weight is 299 g/mol. The maximum absolute atomic E-state index is 12.0. The van der Waals surface area contributed by atoms with Crippen molar-refractivity contribution in [3.05, 3.63) is 0 Å². The molecule has 1 saturated heterocycles. The number of rotatable bonds is 4. The van der Waals surface area contributed by atoms with Crippen LogP contribution < -0.4 is 5.32 Å². The minimum atomic E-state index is -2.94. The molecular formula is C13H21N3O3S. The number of nitriles is 1. The summed E-state index contributed by atoms with van der Waals surface area (Å²) in [5.41, 5.74) is -0.709. The second-order valence-corrected chi connectivity index (χ2v) is 8.15. The van der Waals surface area contributed by atoms with Crippen molar-refractivity contribution in [1.29, 1.82) is 5.26 Å². The van der Waals surface area contributed by atoms with Gasteiger partial charge in [-0.2, -0.15) is 5.26 Å². The van der Waals surface area contributed by atoms with Crippen molar-refractivity contribution in [1.82, 2.24) is 10.2 Å². The molecule has 7 heteroatoms. The molecule has 0 bridgehead atoms. The Kier molecular flexibility index (Phi) is 4.35. The quantitative estimate of drug-likeness (QED) is 0.792. The van der Waals surface area contributed by atoms with Gasteiger partial charge in [-0.1, -0.05) is 0 Å². The summed E-state index contributed by atoms with van der Waals surface area (Å²) in [5, 5.41) is 12.0. The molecule has 0 aromatic rings. The molecule has 1 N–H and O–H groups in total. The highest BCUT2D eigenvalue weighted by Crippen LogP contribution is 2.28. The van der Waals surface area contributed by atoms with E-state index in [9.17, 15) is 18.5 Å². The van der Waals surface area contributed by atoms with Gasteiger partial charge in [0.2, 0.25) is 5.91 Å². The second-order valence-electron chi connectivity index (χ2n) is 5.92. The molecule has 0 spiro atoms. The van der Waals surface area contributed by atoms with E-state index in [-0.39, 0.29) is 30.0 Å². The fraction of sp³-hybridized carbons (Fsp3) is 0.846. The standard InChI is InChI=1S/C13H21N3O3S/c1-16(11-4-7-20(18,19)9-11)8-12(17)15-13(10-14)5-2-3-6-13/h11H,2-9H2,1H3,(H,15,17). The Hall–Kier alpha value is -1.13. The third kappa shape index (κ3) is 3.49. The maximum atomic E-state index is 12.0. The number of likely N-dealkylation sites (N-methyl/N-ethyl adjacent to an activating group) is 1. The molecule has 1 aliphatic carbocycles. The molecule has 1 amide bonds. The largest absolute Gasteiger partial charge is 0.337 e. The molecule has 2 rings (SSSR count). The molecule has 6 nitrogen and oxygen atoms in total. The molecule has 2 aliphatic rings. The summed E-state index contributed by atoms with van der Waals surface area (Å²) >= 11 is 0. The lowest BCUT2D eigenvalue weighted by molar-refractivity contribution is -0.123. The number of carbonyl (C=O) groups excluding carboxylic acids is 1. The van der Waals surface area contributed by atoms with Crippen molar-refractivity contribution in [3.63, 3.8) is 0 Å². The van der Waals surface area contributed by atoms with Crippen LogP contribution in [-0.2, 0) is 14.6 Å². The summed E-state index contributed by atoms with van der Waals surface area (Å²) < 4.78 is 22.9. The van der Waals surface area contributed by atoms with E-state index in [1.165, 1.54) is 0 Å².